The molecule has 0 bridgehead atoms. The van der Waals surface area contributed by atoms with Crippen LogP contribution in [0.25, 0.3) is 10.2 Å². The largest absolute Gasteiger partial charge is 0.350 e. The quantitative estimate of drug-likeness (QED) is 0.675. The van der Waals surface area contributed by atoms with Crippen LogP contribution in [0.5, 0.6) is 0 Å². The second kappa shape index (κ2) is 8.32. The molecular weight excluding hydrogens is 386 g/mol. The van der Waals surface area contributed by atoms with E-state index in [2.05, 4.69) is 15.4 Å². The Morgan fingerprint density at radius 2 is 2.07 bits per heavy atom. The lowest BCUT2D eigenvalue weighted by molar-refractivity contribution is -0.122. The van der Waals surface area contributed by atoms with Crippen molar-refractivity contribution in [3.8, 4) is 0 Å². The summed E-state index contributed by atoms with van der Waals surface area (Å²) in [5, 5.41) is 8.25. The molecular formula is C21H25N5O2S. The predicted octanol–water partition coefficient (Wildman–Crippen LogP) is 2.72. The van der Waals surface area contributed by atoms with Crippen LogP contribution >= 0.6 is 11.3 Å². The first kappa shape index (κ1) is 19.6. The van der Waals surface area contributed by atoms with Crippen molar-refractivity contribution in [3.05, 3.63) is 51.9 Å². The summed E-state index contributed by atoms with van der Waals surface area (Å²) in [6, 6.07) is 9.63. The number of carbonyl (C=O) groups excluding carboxylic acids is 1. The summed E-state index contributed by atoms with van der Waals surface area (Å²) in [7, 11) is 0. The van der Waals surface area contributed by atoms with Gasteiger partial charge in [-0.25, -0.2) is 9.67 Å². The van der Waals surface area contributed by atoms with Crippen molar-refractivity contribution >= 4 is 32.6 Å². The highest BCUT2D eigenvalue weighted by Gasteiger charge is 2.33. The van der Waals surface area contributed by atoms with Crippen molar-refractivity contribution in [1.82, 2.24) is 20.1 Å². The molecule has 0 radical (unpaired) electrons. The molecule has 1 saturated heterocycles. The summed E-state index contributed by atoms with van der Waals surface area (Å²) >= 11 is 1.47. The third-order valence-corrected chi connectivity index (χ3v) is 6.44. The SMILES string of the molecule is CCc1nn(CC)c(=O)c2nc(N3CCCC3C(=O)NCc3ccccc3)sc12. The van der Waals surface area contributed by atoms with Crippen LogP contribution in [0.1, 0.15) is 37.9 Å². The van der Waals surface area contributed by atoms with E-state index in [9.17, 15) is 9.59 Å². The topological polar surface area (TPSA) is 80.1 Å². The van der Waals surface area contributed by atoms with Crippen LogP contribution in [0.3, 0.4) is 0 Å². The fourth-order valence-corrected chi connectivity index (χ4v) is 4.94. The van der Waals surface area contributed by atoms with E-state index in [1.807, 2.05) is 49.1 Å². The highest BCUT2D eigenvalue weighted by molar-refractivity contribution is 7.22. The van der Waals surface area contributed by atoms with Crippen molar-refractivity contribution in [1.29, 1.82) is 0 Å². The molecule has 2 aromatic heterocycles. The summed E-state index contributed by atoms with van der Waals surface area (Å²) in [4.78, 5) is 32.2. The van der Waals surface area contributed by atoms with Gasteiger partial charge in [0, 0.05) is 19.6 Å². The molecule has 4 rings (SSSR count). The molecule has 0 spiro atoms. The molecule has 8 heteroatoms. The first-order valence-electron chi connectivity index (χ1n) is 10.1. The number of anilines is 1. The number of thiazole rings is 1. The lowest BCUT2D eigenvalue weighted by atomic mass is 10.2. The zero-order valence-corrected chi connectivity index (χ0v) is 17.5. The summed E-state index contributed by atoms with van der Waals surface area (Å²) in [6.07, 6.45) is 2.45. The molecule has 0 saturated carbocycles. The molecule has 29 heavy (non-hydrogen) atoms. The Kier molecular flexibility index (Phi) is 5.62. The Balaban J connectivity index is 1.60. The molecule has 1 amide bonds. The number of amides is 1. The molecule has 1 unspecified atom stereocenters. The van der Waals surface area contributed by atoms with Crippen LogP contribution in [0.4, 0.5) is 5.13 Å². The van der Waals surface area contributed by atoms with E-state index < -0.39 is 0 Å². The summed E-state index contributed by atoms with van der Waals surface area (Å²) in [6.45, 7) is 5.72. The van der Waals surface area contributed by atoms with Crippen molar-refractivity contribution in [2.24, 2.45) is 0 Å². The number of hydrogen-bond acceptors (Lipinski definition) is 6. The minimum atomic E-state index is -0.259. The number of fused-ring (bicyclic) bond motifs is 1. The third kappa shape index (κ3) is 3.76. The Morgan fingerprint density at radius 3 is 2.79 bits per heavy atom. The van der Waals surface area contributed by atoms with E-state index in [1.54, 1.807) is 0 Å². The lowest BCUT2D eigenvalue weighted by Crippen LogP contribution is -2.43. The normalized spacial score (nSPS) is 16.5. The van der Waals surface area contributed by atoms with Gasteiger partial charge in [-0.2, -0.15) is 5.10 Å². The van der Waals surface area contributed by atoms with Crippen LogP contribution in [-0.4, -0.2) is 33.3 Å². The van der Waals surface area contributed by atoms with Gasteiger partial charge < -0.3 is 10.2 Å². The molecule has 1 atom stereocenters. The van der Waals surface area contributed by atoms with E-state index in [4.69, 9.17) is 0 Å². The van der Waals surface area contributed by atoms with Crippen molar-refractivity contribution in [2.75, 3.05) is 11.4 Å². The van der Waals surface area contributed by atoms with Crippen LogP contribution < -0.4 is 15.8 Å². The predicted molar refractivity (Wildman–Crippen MR) is 115 cm³/mol. The fourth-order valence-electron chi connectivity index (χ4n) is 3.75. The number of hydrogen-bond donors (Lipinski definition) is 1. The van der Waals surface area contributed by atoms with E-state index >= 15 is 0 Å². The summed E-state index contributed by atoms with van der Waals surface area (Å²) in [5.74, 6) is 0.00502. The second-order valence-corrected chi connectivity index (χ2v) is 8.13. The van der Waals surface area contributed by atoms with Gasteiger partial charge in [-0.05, 0) is 31.7 Å². The number of aryl methyl sites for hydroxylation is 2. The molecule has 152 valence electrons. The zero-order chi connectivity index (χ0) is 20.4. The Hall–Kier alpha value is -2.74. The van der Waals surface area contributed by atoms with Gasteiger partial charge in [-0.15, -0.1) is 0 Å². The molecule has 3 aromatic rings. The lowest BCUT2D eigenvalue weighted by Gasteiger charge is -2.23. The van der Waals surface area contributed by atoms with E-state index in [-0.39, 0.29) is 17.5 Å². The van der Waals surface area contributed by atoms with Gasteiger partial charge in [-0.1, -0.05) is 48.6 Å². The smallest absolute Gasteiger partial charge is 0.294 e. The van der Waals surface area contributed by atoms with Gasteiger partial charge in [0.1, 0.15) is 6.04 Å². The minimum absolute atomic E-state index is 0.00502. The Bertz CT molecular complexity index is 1080. The molecule has 0 aliphatic carbocycles. The second-order valence-electron chi connectivity index (χ2n) is 7.15. The number of rotatable bonds is 6. The van der Waals surface area contributed by atoms with Crippen molar-refractivity contribution < 1.29 is 4.79 Å². The zero-order valence-electron chi connectivity index (χ0n) is 16.7. The number of nitrogens with zero attached hydrogens (tertiary/aromatic N) is 4. The highest BCUT2D eigenvalue weighted by Crippen LogP contribution is 2.33. The van der Waals surface area contributed by atoms with Gasteiger partial charge in [0.05, 0.1) is 10.4 Å². The maximum absolute atomic E-state index is 12.9. The molecule has 1 aliphatic rings. The van der Waals surface area contributed by atoms with Gasteiger partial charge in [0.15, 0.2) is 10.6 Å². The van der Waals surface area contributed by atoms with Gasteiger partial charge >= 0.3 is 0 Å². The molecule has 1 N–H and O–H groups in total. The standard InChI is InChI=1S/C21H25N5O2S/c1-3-15-18-17(20(28)26(4-2)24-15)23-21(29-18)25-12-8-11-16(25)19(27)22-13-14-9-6-5-7-10-14/h5-7,9-10,16H,3-4,8,11-13H2,1-2H3,(H,22,27). The Morgan fingerprint density at radius 1 is 1.28 bits per heavy atom. The van der Waals surface area contributed by atoms with E-state index in [1.165, 1.54) is 16.0 Å². The first-order valence-corrected chi connectivity index (χ1v) is 10.9. The monoisotopic (exact) mass is 411 g/mol. The van der Waals surface area contributed by atoms with Crippen LogP contribution in [0.2, 0.25) is 0 Å². The number of aromatic nitrogens is 3. The van der Waals surface area contributed by atoms with Gasteiger partial charge in [0.25, 0.3) is 5.56 Å². The van der Waals surface area contributed by atoms with Crippen molar-refractivity contribution in [3.63, 3.8) is 0 Å². The van der Waals surface area contributed by atoms with Crippen molar-refractivity contribution in [2.45, 2.75) is 52.2 Å². The van der Waals surface area contributed by atoms with Gasteiger partial charge in [-0.3, -0.25) is 9.59 Å². The number of nitrogens with one attached hydrogen (secondary N) is 1. The highest BCUT2D eigenvalue weighted by atomic mass is 32.1. The minimum Gasteiger partial charge on any atom is -0.350 e. The van der Waals surface area contributed by atoms with E-state index in [0.717, 1.165) is 46.9 Å². The molecule has 1 aromatic carbocycles. The molecule has 1 fully saturated rings. The Labute approximate surface area is 173 Å². The maximum atomic E-state index is 12.9. The number of carbonyl (C=O) groups is 1. The average molecular weight is 412 g/mol. The van der Waals surface area contributed by atoms with Crippen LogP contribution in [0, 0.1) is 0 Å². The average Bonchev–Trinajstić information content (AvgIpc) is 3.41. The van der Waals surface area contributed by atoms with Gasteiger partial charge in [0.2, 0.25) is 5.91 Å². The molecule has 7 nitrogen and oxygen atoms in total. The molecule has 3 heterocycles. The fraction of sp³-hybridized carbons (Fsp3) is 0.429. The number of benzene rings is 1. The van der Waals surface area contributed by atoms with Crippen LogP contribution in [0.15, 0.2) is 35.1 Å². The van der Waals surface area contributed by atoms with Crippen LogP contribution in [-0.2, 0) is 24.3 Å². The third-order valence-electron chi connectivity index (χ3n) is 5.30. The first-order chi connectivity index (χ1) is 14.1. The van der Waals surface area contributed by atoms with E-state index in [0.29, 0.717) is 18.6 Å². The summed E-state index contributed by atoms with van der Waals surface area (Å²) in [5.41, 5.74) is 2.26. The summed E-state index contributed by atoms with van der Waals surface area (Å²) < 4.78 is 2.31. The molecule has 1 aliphatic heterocycles. The maximum Gasteiger partial charge on any atom is 0.294 e.